The lowest BCUT2D eigenvalue weighted by atomic mass is 9.95. The molecule has 1 amide bonds. The van der Waals surface area contributed by atoms with Gasteiger partial charge in [-0.2, -0.15) is 0 Å². The average molecular weight is 452 g/mol. The third-order valence-corrected chi connectivity index (χ3v) is 5.52. The Bertz CT molecular complexity index is 997. The molecule has 5 nitrogen and oxygen atoms in total. The molecule has 1 aliphatic heterocycles. The second-order valence-corrected chi connectivity index (χ2v) is 7.69. The number of ether oxygens (including phenoxy) is 1. The second kappa shape index (κ2) is 9.06. The van der Waals surface area contributed by atoms with Crippen molar-refractivity contribution in [3.05, 3.63) is 69.0 Å². The van der Waals surface area contributed by atoms with E-state index in [4.69, 9.17) is 27.9 Å². The van der Waals surface area contributed by atoms with Crippen molar-refractivity contribution in [2.75, 3.05) is 13.7 Å². The number of nitrogens with zero attached hydrogens (tertiary/aromatic N) is 1. The van der Waals surface area contributed by atoms with Crippen LogP contribution in [0.25, 0.3) is 5.76 Å². The normalized spacial score (nSPS) is 18.2. The van der Waals surface area contributed by atoms with Gasteiger partial charge in [0.1, 0.15) is 11.6 Å². The fourth-order valence-corrected chi connectivity index (χ4v) is 4.12. The number of aliphatic hydroxyl groups excluding tert-OH is 1. The molecule has 1 atom stereocenters. The van der Waals surface area contributed by atoms with Crippen LogP contribution in [0, 0.1) is 5.82 Å². The smallest absolute Gasteiger partial charge is 0.295 e. The fourth-order valence-electron chi connectivity index (χ4n) is 3.48. The summed E-state index contributed by atoms with van der Waals surface area (Å²) in [5, 5.41) is 11.3. The van der Waals surface area contributed by atoms with Crippen LogP contribution in [0.4, 0.5) is 4.39 Å². The van der Waals surface area contributed by atoms with E-state index in [2.05, 4.69) is 0 Å². The predicted molar refractivity (Wildman–Crippen MR) is 113 cm³/mol. The molecule has 158 valence electrons. The Morgan fingerprint density at radius 2 is 1.77 bits per heavy atom. The lowest BCUT2D eigenvalue weighted by Gasteiger charge is -2.25. The van der Waals surface area contributed by atoms with Crippen LogP contribution < -0.4 is 4.74 Å². The van der Waals surface area contributed by atoms with Gasteiger partial charge in [0.15, 0.2) is 5.75 Å². The van der Waals surface area contributed by atoms with E-state index in [-0.39, 0.29) is 26.9 Å². The van der Waals surface area contributed by atoms with E-state index in [1.807, 2.05) is 6.92 Å². The van der Waals surface area contributed by atoms with Gasteiger partial charge in [-0.3, -0.25) is 9.59 Å². The molecule has 1 unspecified atom stereocenters. The van der Waals surface area contributed by atoms with Gasteiger partial charge in [0, 0.05) is 12.1 Å². The van der Waals surface area contributed by atoms with E-state index in [0.29, 0.717) is 18.5 Å². The van der Waals surface area contributed by atoms with Crippen molar-refractivity contribution >= 4 is 40.7 Å². The number of unbranched alkanes of at least 4 members (excludes halogenated alkanes) is 1. The van der Waals surface area contributed by atoms with Crippen molar-refractivity contribution in [2.45, 2.75) is 25.8 Å². The first-order valence-corrected chi connectivity index (χ1v) is 10.1. The van der Waals surface area contributed by atoms with E-state index in [1.165, 1.54) is 48.4 Å². The Kier molecular flexibility index (Phi) is 6.68. The Hall–Kier alpha value is -2.57. The van der Waals surface area contributed by atoms with Crippen molar-refractivity contribution in [3.63, 3.8) is 0 Å². The van der Waals surface area contributed by atoms with Gasteiger partial charge in [0.2, 0.25) is 0 Å². The maximum Gasteiger partial charge on any atom is 0.295 e. The Morgan fingerprint density at radius 3 is 2.30 bits per heavy atom. The maximum atomic E-state index is 13.5. The molecular formula is C22H20Cl2FNO4. The average Bonchev–Trinajstić information content (AvgIpc) is 2.96. The minimum absolute atomic E-state index is 0.0972. The number of Topliss-reactive ketones (excluding diaryl/α,β-unsaturated/α-hetero) is 1. The van der Waals surface area contributed by atoms with Gasteiger partial charge >= 0.3 is 0 Å². The van der Waals surface area contributed by atoms with Crippen molar-refractivity contribution in [3.8, 4) is 5.75 Å². The Morgan fingerprint density at radius 1 is 1.17 bits per heavy atom. The number of halogens is 3. The molecule has 1 saturated heterocycles. The summed E-state index contributed by atoms with van der Waals surface area (Å²) in [4.78, 5) is 27.0. The monoisotopic (exact) mass is 451 g/mol. The molecule has 1 aliphatic rings. The number of benzene rings is 2. The summed E-state index contributed by atoms with van der Waals surface area (Å²) >= 11 is 12.3. The molecule has 1 N–H and O–H groups in total. The highest BCUT2D eigenvalue weighted by atomic mass is 35.5. The topological polar surface area (TPSA) is 66.8 Å². The van der Waals surface area contributed by atoms with E-state index in [1.54, 1.807) is 0 Å². The number of hydrogen-bond acceptors (Lipinski definition) is 4. The van der Waals surface area contributed by atoms with Crippen molar-refractivity contribution < 1.29 is 23.8 Å². The number of carbonyl (C=O) groups is 2. The first-order chi connectivity index (χ1) is 14.3. The van der Waals surface area contributed by atoms with Crippen LogP contribution in [-0.4, -0.2) is 35.4 Å². The number of carbonyl (C=O) groups excluding carboxylic acids is 2. The Balaban J connectivity index is 2.19. The van der Waals surface area contributed by atoms with E-state index in [0.717, 1.165) is 6.42 Å². The molecule has 2 aromatic carbocycles. The number of methoxy groups -OCH3 is 1. The summed E-state index contributed by atoms with van der Waals surface area (Å²) in [6.07, 6.45) is 1.48. The molecule has 0 saturated carbocycles. The molecule has 0 aliphatic carbocycles. The van der Waals surface area contributed by atoms with Crippen LogP contribution in [-0.2, 0) is 9.59 Å². The molecule has 30 heavy (non-hydrogen) atoms. The third kappa shape index (κ3) is 4.02. The van der Waals surface area contributed by atoms with Crippen LogP contribution in [0.1, 0.15) is 36.9 Å². The number of hydrogen-bond donors (Lipinski definition) is 1. The second-order valence-electron chi connectivity index (χ2n) is 6.87. The van der Waals surface area contributed by atoms with Gasteiger partial charge in [-0.1, -0.05) is 48.7 Å². The molecule has 0 bridgehead atoms. The highest BCUT2D eigenvalue weighted by Gasteiger charge is 2.45. The molecule has 1 fully saturated rings. The predicted octanol–water partition coefficient (Wildman–Crippen LogP) is 5.36. The van der Waals surface area contributed by atoms with Gasteiger partial charge < -0.3 is 14.7 Å². The van der Waals surface area contributed by atoms with Gasteiger partial charge in [-0.05, 0) is 36.2 Å². The zero-order valence-corrected chi connectivity index (χ0v) is 17.9. The summed E-state index contributed by atoms with van der Waals surface area (Å²) in [7, 11) is 1.40. The minimum atomic E-state index is -0.850. The Labute approximate surface area is 183 Å². The quantitative estimate of drug-likeness (QED) is 0.364. The van der Waals surface area contributed by atoms with E-state index < -0.39 is 29.3 Å². The zero-order valence-electron chi connectivity index (χ0n) is 16.4. The van der Waals surface area contributed by atoms with Crippen LogP contribution in [0.15, 0.2) is 42.0 Å². The summed E-state index contributed by atoms with van der Waals surface area (Å²) < 4.78 is 18.6. The fraction of sp³-hybridized carbons (Fsp3) is 0.273. The summed E-state index contributed by atoms with van der Waals surface area (Å²) in [5.41, 5.74) is 0.588. The van der Waals surface area contributed by atoms with Crippen molar-refractivity contribution in [1.29, 1.82) is 0 Å². The van der Waals surface area contributed by atoms with Gasteiger partial charge in [-0.25, -0.2) is 4.39 Å². The molecule has 0 spiro atoms. The first kappa shape index (κ1) is 22.1. The van der Waals surface area contributed by atoms with E-state index in [9.17, 15) is 19.1 Å². The van der Waals surface area contributed by atoms with Gasteiger partial charge in [-0.15, -0.1) is 0 Å². The lowest BCUT2D eigenvalue weighted by molar-refractivity contribution is -0.139. The van der Waals surface area contributed by atoms with Crippen LogP contribution in [0.5, 0.6) is 5.75 Å². The number of ketones is 1. The van der Waals surface area contributed by atoms with Crippen LogP contribution in [0.3, 0.4) is 0 Å². The number of amides is 1. The molecule has 2 aromatic rings. The molecular weight excluding hydrogens is 432 g/mol. The maximum absolute atomic E-state index is 13.5. The molecule has 3 rings (SSSR count). The van der Waals surface area contributed by atoms with Crippen LogP contribution in [0.2, 0.25) is 10.0 Å². The van der Waals surface area contributed by atoms with Gasteiger partial charge in [0.05, 0.1) is 28.8 Å². The van der Waals surface area contributed by atoms with Gasteiger partial charge in [0.25, 0.3) is 11.7 Å². The molecule has 8 heteroatoms. The first-order valence-electron chi connectivity index (χ1n) is 9.37. The largest absolute Gasteiger partial charge is 0.507 e. The number of rotatable bonds is 6. The number of likely N-dealkylation sites (tertiary alicyclic amines) is 1. The highest BCUT2D eigenvalue weighted by molar-refractivity contribution is 6.46. The molecule has 1 heterocycles. The van der Waals surface area contributed by atoms with Crippen molar-refractivity contribution in [1.82, 2.24) is 4.90 Å². The summed E-state index contributed by atoms with van der Waals surface area (Å²) in [6, 6.07) is 7.44. The standard InChI is InChI=1S/C22H20Cl2FNO4/c1-3-4-9-26-18(12-5-7-14(25)8-6-12)17(20(28)22(26)29)19(27)13-10-15(23)21(30-2)16(24)11-13/h5-8,10-11,18,27H,3-4,9H2,1-2H3/b19-17+. The van der Waals surface area contributed by atoms with Crippen molar-refractivity contribution in [2.24, 2.45) is 0 Å². The molecule has 0 radical (unpaired) electrons. The molecule has 0 aromatic heterocycles. The minimum Gasteiger partial charge on any atom is -0.507 e. The highest BCUT2D eigenvalue weighted by Crippen LogP contribution is 2.42. The van der Waals surface area contributed by atoms with Crippen LogP contribution >= 0.6 is 23.2 Å². The summed E-state index contributed by atoms with van der Waals surface area (Å²) in [6.45, 7) is 2.29. The van der Waals surface area contributed by atoms with E-state index >= 15 is 0 Å². The zero-order chi connectivity index (χ0) is 22.0. The lowest BCUT2D eigenvalue weighted by Crippen LogP contribution is -2.30. The number of aliphatic hydroxyl groups is 1. The summed E-state index contributed by atoms with van der Waals surface area (Å²) in [5.74, 6) is -2.16. The third-order valence-electron chi connectivity index (χ3n) is 4.95. The SMILES string of the molecule is CCCCN1C(=O)C(=O)/C(=C(/O)c2cc(Cl)c(OC)c(Cl)c2)C1c1ccc(F)cc1.